The van der Waals surface area contributed by atoms with E-state index in [1.165, 1.54) is 24.9 Å². The number of benzene rings is 1. The molecule has 0 spiro atoms. The summed E-state index contributed by atoms with van der Waals surface area (Å²) in [6.45, 7) is 7.10. The highest BCUT2D eigenvalue weighted by molar-refractivity contribution is 5.79. The minimum Gasteiger partial charge on any atom is -0.496 e. The highest BCUT2D eigenvalue weighted by atomic mass is 16.5. The summed E-state index contributed by atoms with van der Waals surface area (Å²) in [6, 6.07) is 8.18. The van der Waals surface area contributed by atoms with E-state index in [-0.39, 0.29) is 0 Å². The van der Waals surface area contributed by atoms with Gasteiger partial charge in [0.05, 0.1) is 7.11 Å². The molecule has 5 heteroatoms. The molecule has 134 valence electrons. The molecule has 1 unspecified atom stereocenters. The molecular weight excluding hydrogens is 300 g/mol. The maximum Gasteiger partial charge on any atom is 0.191 e. The number of piperidine rings is 1. The molecule has 0 amide bonds. The summed E-state index contributed by atoms with van der Waals surface area (Å²) in [7, 11) is 3.92. The Kier molecular flexibility index (Phi) is 7.89. The Labute approximate surface area is 146 Å². The second-order valence-electron chi connectivity index (χ2n) is 6.48. The summed E-state index contributed by atoms with van der Waals surface area (Å²) < 4.78 is 5.41. The Balaban J connectivity index is 1.82. The van der Waals surface area contributed by atoms with Gasteiger partial charge in [-0.3, -0.25) is 4.99 Å². The van der Waals surface area contributed by atoms with E-state index < -0.39 is 0 Å². The number of hydrogen-bond acceptors (Lipinski definition) is 3. The van der Waals surface area contributed by atoms with Crippen LogP contribution in [0, 0.1) is 5.92 Å². The van der Waals surface area contributed by atoms with Crippen molar-refractivity contribution in [2.45, 2.75) is 26.2 Å². The first kappa shape index (κ1) is 18.6. The average Bonchev–Trinajstić information content (AvgIpc) is 2.60. The lowest BCUT2D eigenvalue weighted by molar-refractivity contribution is 0.214. The predicted octanol–water partition coefficient (Wildman–Crippen LogP) is 2.13. The van der Waals surface area contributed by atoms with Gasteiger partial charge in [0.15, 0.2) is 5.96 Å². The molecular formula is C19H32N4O. The average molecular weight is 332 g/mol. The number of nitrogens with zero attached hydrogens (tertiary/aromatic N) is 2. The lowest BCUT2D eigenvalue weighted by Gasteiger charge is -2.28. The fourth-order valence-corrected chi connectivity index (χ4v) is 3.21. The van der Waals surface area contributed by atoms with Crippen LogP contribution in [0.2, 0.25) is 0 Å². The zero-order valence-corrected chi connectivity index (χ0v) is 15.3. The minimum absolute atomic E-state index is 0.674. The summed E-state index contributed by atoms with van der Waals surface area (Å²) in [5, 5.41) is 6.78. The Morgan fingerprint density at radius 2 is 2.17 bits per heavy atom. The van der Waals surface area contributed by atoms with E-state index in [1.54, 1.807) is 7.11 Å². The van der Waals surface area contributed by atoms with Crippen LogP contribution in [0.25, 0.3) is 0 Å². The zero-order chi connectivity index (χ0) is 17.2. The largest absolute Gasteiger partial charge is 0.496 e. The second-order valence-corrected chi connectivity index (χ2v) is 6.48. The van der Waals surface area contributed by atoms with E-state index in [0.29, 0.717) is 5.92 Å². The molecule has 0 aromatic heterocycles. The first-order valence-electron chi connectivity index (χ1n) is 9.05. The smallest absolute Gasteiger partial charge is 0.191 e. The van der Waals surface area contributed by atoms with Crippen molar-refractivity contribution in [1.29, 1.82) is 0 Å². The van der Waals surface area contributed by atoms with Gasteiger partial charge in [0.2, 0.25) is 0 Å². The number of rotatable bonds is 7. The SMILES string of the molecule is CCNC(=NCC1CCCN(C)C1)NCCc1ccccc1OC. The Hall–Kier alpha value is -1.75. The Morgan fingerprint density at radius 3 is 2.92 bits per heavy atom. The van der Waals surface area contributed by atoms with Crippen LogP contribution >= 0.6 is 0 Å². The monoisotopic (exact) mass is 332 g/mol. The third-order valence-electron chi connectivity index (χ3n) is 4.45. The maximum atomic E-state index is 5.41. The van der Waals surface area contributed by atoms with Crippen molar-refractivity contribution >= 4 is 5.96 Å². The van der Waals surface area contributed by atoms with Crippen molar-refractivity contribution < 1.29 is 4.74 Å². The second kappa shape index (κ2) is 10.2. The quantitative estimate of drug-likeness (QED) is 0.593. The molecule has 1 aliphatic rings. The van der Waals surface area contributed by atoms with Crippen molar-refractivity contribution in [3.05, 3.63) is 29.8 Å². The summed E-state index contributed by atoms with van der Waals surface area (Å²) in [4.78, 5) is 7.19. The van der Waals surface area contributed by atoms with Gasteiger partial charge in [-0.05, 0) is 57.3 Å². The van der Waals surface area contributed by atoms with Crippen molar-refractivity contribution in [2.75, 3.05) is 46.9 Å². The van der Waals surface area contributed by atoms with Gasteiger partial charge in [-0.2, -0.15) is 0 Å². The van der Waals surface area contributed by atoms with Crippen LogP contribution in [0.3, 0.4) is 0 Å². The molecule has 1 aromatic rings. The van der Waals surface area contributed by atoms with E-state index in [1.807, 2.05) is 12.1 Å². The molecule has 1 aromatic carbocycles. The molecule has 2 rings (SSSR count). The highest BCUT2D eigenvalue weighted by Crippen LogP contribution is 2.17. The number of para-hydroxylation sites is 1. The van der Waals surface area contributed by atoms with Crippen LogP contribution in [0.1, 0.15) is 25.3 Å². The van der Waals surface area contributed by atoms with E-state index in [0.717, 1.165) is 44.3 Å². The van der Waals surface area contributed by atoms with Gasteiger partial charge in [0.25, 0.3) is 0 Å². The summed E-state index contributed by atoms with van der Waals surface area (Å²) in [5.74, 6) is 2.54. The topological polar surface area (TPSA) is 48.9 Å². The number of ether oxygens (including phenoxy) is 1. The van der Waals surface area contributed by atoms with Crippen LogP contribution in [-0.4, -0.2) is 57.7 Å². The third-order valence-corrected chi connectivity index (χ3v) is 4.45. The lowest BCUT2D eigenvalue weighted by Crippen LogP contribution is -2.39. The van der Waals surface area contributed by atoms with Gasteiger partial charge in [-0.1, -0.05) is 18.2 Å². The zero-order valence-electron chi connectivity index (χ0n) is 15.3. The molecule has 2 N–H and O–H groups in total. The molecule has 1 saturated heterocycles. The molecule has 24 heavy (non-hydrogen) atoms. The van der Waals surface area contributed by atoms with Crippen molar-refractivity contribution in [3.8, 4) is 5.75 Å². The van der Waals surface area contributed by atoms with Gasteiger partial charge in [-0.15, -0.1) is 0 Å². The standard InChI is InChI=1S/C19H32N4O/c1-4-20-19(22-14-16-8-7-13-23(2)15-16)21-12-11-17-9-5-6-10-18(17)24-3/h5-6,9-10,16H,4,7-8,11-15H2,1-3H3,(H2,20,21,22). The molecule has 0 bridgehead atoms. The third kappa shape index (κ3) is 6.04. The van der Waals surface area contributed by atoms with Crippen molar-refractivity contribution in [3.63, 3.8) is 0 Å². The number of nitrogens with one attached hydrogen (secondary N) is 2. The van der Waals surface area contributed by atoms with Crippen LogP contribution in [0.15, 0.2) is 29.3 Å². The van der Waals surface area contributed by atoms with Gasteiger partial charge >= 0.3 is 0 Å². The Bertz CT molecular complexity index is 518. The first-order valence-corrected chi connectivity index (χ1v) is 9.05. The minimum atomic E-state index is 0.674. The molecule has 0 saturated carbocycles. The number of guanidine groups is 1. The van der Waals surface area contributed by atoms with E-state index in [9.17, 15) is 0 Å². The predicted molar refractivity (Wildman–Crippen MR) is 101 cm³/mol. The van der Waals surface area contributed by atoms with Crippen LogP contribution < -0.4 is 15.4 Å². The maximum absolute atomic E-state index is 5.41. The molecule has 1 aliphatic heterocycles. The normalized spacial score (nSPS) is 19.1. The molecule has 0 aliphatic carbocycles. The number of hydrogen-bond donors (Lipinski definition) is 2. The molecule has 1 heterocycles. The lowest BCUT2D eigenvalue weighted by atomic mass is 9.99. The van der Waals surface area contributed by atoms with E-state index in [2.05, 4.69) is 41.6 Å². The van der Waals surface area contributed by atoms with Crippen molar-refractivity contribution in [1.82, 2.24) is 15.5 Å². The van der Waals surface area contributed by atoms with Crippen LogP contribution in [-0.2, 0) is 6.42 Å². The number of methoxy groups -OCH3 is 1. The van der Waals surface area contributed by atoms with Gasteiger partial charge < -0.3 is 20.3 Å². The summed E-state index contributed by atoms with van der Waals surface area (Å²) >= 11 is 0. The molecule has 1 atom stereocenters. The van der Waals surface area contributed by atoms with Gasteiger partial charge in [0, 0.05) is 26.2 Å². The Morgan fingerprint density at radius 1 is 1.33 bits per heavy atom. The van der Waals surface area contributed by atoms with Gasteiger partial charge in [-0.25, -0.2) is 0 Å². The van der Waals surface area contributed by atoms with E-state index in [4.69, 9.17) is 9.73 Å². The number of likely N-dealkylation sites (tertiary alicyclic amines) is 1. The first-order chi connectivity index (χ1) is 11.7. The van der Waals surface area contributed by atoms with Crippen molar-refractivity contribution in [2.24, 2.45) is 10.9 Å². The number of aliphatic imine (C=N–C) groups is 1. The molecule has 1 fully saturated rings. The van der Waals surface area contributed by atoms with Crippen LogP contribution in [0.4, 0.5) is 0 Å². The fourth-order valence-electron chi connectivity index (χ4n) is 3.21. The highest BCUT2D eigenvalue weighted by Gasteiger charge is 2.16. The van der Waals surface area contributed by atoms with E-state index >= 15 is 0 Å². The van der Waals surface area contributed by atoms with Crippen LogP contribution in [0.5, 0.6) is 5.75 Å². The van der Waals surface area contributed by atoms with Gasteiger partial charge in [0.1, 0.15) is 5.75 Å². The molecule has 5 nitrogen and oxygen atoms in total. The molecule has 0 radical (unpaired) electrons. The fraction of sp³-hybridized carbons (Fsp3) is 0.632. The summed E-state index contributed by atoms with van der Waals surface area (Å²) in [6.07, 6.45) is 3.49. The summed E-state index contributed by atoms with van der Waals surface area (Å²) in [5.41, 5.74) is 1.22.